The van der Waals surface area contributed by atoms with Crippen LogP contribution in [0.15, 0.2) is 41.3 Å². The maximum Gasteiger partial charge on any atom is 0.255 e. The number of anilines is 1. The van der Waals surface area contributed by atoms with Crippen LogP contribution in [0.1, 0.15) is 67.3 Å². The van der Waals surface area contributed by atoms with E-state index in [0.717, 1.165) is 43.4 Å². The lowest BCUT2D eigenvalue weighted by Gasteiger charge is -2.40. The van der Waals surface area contributed by atoms with Crippen LogP contribution < -0.4 is 5.32 Å². The molecule has 5 rings (SSSR count). The van der Waals surface area contributed by atoms with Crippen LogP contribution in [0.3, 0.4) is 0 Å². The number of carbonyl (C=O) groups is 1. The molecule has 3 fully saturated rings. The Hall–Kier alpha value is -2.32. The molecule has 0 aliphatic heterocycles. The van der Waals surface area contributed by atoms with E-state index in [1.807, 2.05) is 6.92 Å². The van der Waals surface area contributed by atoms with E-state index >= 15 is 0 Å². The Balaban J connectivity index is 1.46. The first-order chi connectivity index (χ1) is 15.6. The molecule has 0 radical (unpaired) electrons. The first-order valence-electron chi connectivity index (χ1n) is 11.4. The van der Waals surface area contributed by atoms with Crippen molar-refractivity contribution in [2.24, 2.45) is 11.8 Å². The van der Waals surface area contributed by atoms with Crippen molar-refractivity contribution in [1.29, 1.82) is 0 Å². The fraction of sp³-hybridized carbons (Fsp3) is 0.480. The van der Waals surface area contributed by atoms with Crippen molar-refractivity contribution in [2.75, 3.05) is 5.32 Å². The molecule has 0 aromatic heterocycles. The van der Waals surface area contributed by atoms with Gasteiger partial charge < -0.3 is 10.4 Å². The lowest BCUT2D eigenvalue weighted by molar-refractivity contribution is -0.0413. The molecule has 2 N–H and O–H groups in total. The smallest absolute Gasteiger partial charge is 0.255 e. The van der Waals surface area contributed by atoms with Crippen LogP contribution in [0.5, 0.6) is 0 Å². The van der Waals surface area contributed by atoms with Gasteiger partial charge in [0.15, 0.2) is 21.5 Å². The van der Waals surface area contributed by atoms with Gasteiger partial charge in [-0.2, -0.15) is 0 Å². The van der Waals surface area contributed by atoms with E-state index in [2.05, 4.69) is 5.32 Å². The van der Waals surface area contributed by atoms with Gasteiger partial charge in [-0.15, -0.1) is 0 Å². The summed E-state index contributed by atoms with van der Waals surface area (Å²) in [6.45, 7) is 1.82. The predicted molar refractivity (Wildman–Crippen MR) is 120 cm³/mol. The SMILES string of the molecule is CC1(O)C2CCC1CC(S(=O)(=O)c1cc(C(=O)Nc3ccc(F)c(F)c3)ccc1C1CC1)C2. The molecule has 33 heavy (non-hydrogen) atoms. The van der Waals surface area contributed by atoms with Crippen LogP contribution in [0, 0.1) is 23.5 Å². The molecule has 2 aromatic carbocycles. The van der Waals surface area contributed by atoms with Crippen LogP contribution >= 0.6 is 0 Å². The summed E-state index contributed by atoms with van der Waals surface area (Å²) >= 11 is 0. The normalized spacial score (nSPS) is 29.2. The van der Waals surface area contributed by atoms with Gasteiger partial charge in [0.1, 0.15) is 0 Å². The first kappa shape index (κ1) is 22.5. The highest BCUT2D eigenvalue weighted by Gasteiger charge is 2.53. The van der Waals surface area contributed by atoms with Crippen molar-refractivity contribution < 1.29 is 27.1 Å². The summed E-state index contributed by atoms with van der Waals surface area (Å²) in [6.07, 6.45) is 4.31. The van der Waals surface area contributed by atoms with Gasteiger partial charge in [-0.3, -0.25) is 4.79 Å². The van der Waals surface area contributed by atoms with Crippen LogP contribution in [0.4, 0.5) is 14.5 Å². The largest absolute Gasteiger partial charge is 0.390 e. The zero-order valence-electron chi connectivity index (χ0n) is 18.4. The standard InChI is InChI=1S/C25H27F2NO4S/c1-25(30)16-5-6-17(25)12-19(11-16)33(31,32)23-10-15(4-8-20(23)14-2-3-14)24(29)28-18-7-9-21(26)22(27)13-18/h4,7-10,13-14,16-17,19,30H,2-3,5-6,11-12H2,1H3,(H,28,29). The highest BCUT2D eigenvalue weighted by Crippen LogP contribution is 2.52. The van der Waals surface area contributed by atoms with Gasteiger partial charge in [-0.25, -0.2) is 17.2 Å². The number of benzene rings is 2. The number of hydrogen-bond donors (Lipinski definition) is 2. The summed E-state index contributed by atoms with van der Waals surface area (Å²) in [5, 5.41) is 12.7. The molecule has 3 aliphatic carbocycles. The number of halogens is 2. The summed E-state index contributed by atoms with van der Waals surface area (Å²) < 4.78 is 54.3. The summed E-state index contributed by atoms with van der Waals surface area (Å²) in [4.78, 5) is 13.0. The third-order valence-corrected chi connectivity index (χ3v) is 10.1. The number of rotatable bonds is 5. The van der Waals surface area contributed by atoms with Crippen LogP contribution in [-0.2, 0) is 9.84 Å². The Kier molecular flexibility index (Phi) is 5.36. The van der Waals surface area contributed by atoms with Crippen molar-refractivity contribution in [2.45, 2.75) is 67.1 Å². The molecule has 176 valence electrons. The molecule has 0 spiro atoms. The van der Waals surface area contributed by atoms with Crippen molar-refractivity contribution in [3.63, 3.8) is 0 Å². The lowest BCUT2D eigenvalue weighted by atomic mass is 9.76. The third-order valence-electron chi connectivity index (χ3n) is 7.83. The number of hydrogen-bond acceptors (Lipinski definition) is 4. The molecule has 8 heteroatoms. The van der Waals surface area contributed by atoms with Crippen molar-refractivity contribution in [3.8, 4) is 0 Å². The molecule has 2 aromatic rings. The van der Waals surface area contributed by atoms with E-state index in [0.29, 0.717) is 12.8 Å². The van der Waals surface area contributed by atoms with Gasteiger partial charge in [-0.1, -0.05) is 6.07 Å². The third kappa shape index (κ3) is 3.97. The first-order valence-corrected chi connectivity index (χ1v) is 13.0. The number of aliphatic hydroxyl groups is 1. The monoisotopic (exact) mass is 475 g/mol. The Labute approximate surface area is 192 Å². The van der Waals surface area contributed by atoms with E-state index in [1.165, 1.54) is 12.1 Å². The summed E-state index contributed by atoms with van der Waals surface area (Å²) in [5.41, 5.74) is 0.149. The topological polar surface area (TPSA) is 83.5 Å². The van der Waals surface area contributed by atoms with E-state index in [4.69, 9.17) is 0 Å². The molecule has 3 saturated carbocycles. The number of amides is 1. The summed E-state index contributed by atoms with van der Waals surface area (Å²) in [5.74, 6) is -2.60. The second kappa shape index (κ2) is 7.87. The Morgan fingerprint density at radius 1 is 1.00 bits per heavy atom. The summed E-state index contributed by atoms with van der Waals surface area (Å²) in [7, 11) is -3.72. The van der Waals surface area contributed by atoms with E-state index in [1.54, 1.807) is 12.1 Å². The average molecular weight is 476 g/mol. The maximum absolute atomic E-state index is 13.8. The van der Waals surface area contributed by atoms with Gasteiger partial charge >= 0.3 is 0 Å². The average Bonchev–Trinajstić information content (AvgIpc) is 3.59. The number of fused-ring (bicyclic) bond motifs is 2. The lowest BCUT2D eigenvalue weighted by Crippen LogP contribution is -2.45. The van der Waals surface area contributed by atoms with Gasteiger partial charge in [0, 0.05) is 17.3 Å². The Morgan fingerprint density at radius 3 is 2.27 bits per heavy atom. The minimum atomic E-state index is -3.72. The van der Waals surface area contributed by atoms with Crippen LogP contribution in [-0.4, -0.2) is 30.3 Å². The number of carbonyl (C=O) groups excluding carboxylic acids is 1. The molecule has 2 atom stereocenters. The van der Waals surface area contributed by atoms with Gasteiger partial charge in [0.2, 0.25) is 0 Å². The molecule has 1 amide bonds. The number of sulfone groups is 1. The molecular formula is C25H27F2NO4S. The fourth-order valence-corrected chi connectivity index (χ4v) is 7.81. The quantitative estimate of drug-likeness (QED) is 0.650. The Bertz CT molecular complexity index is 1210. The maximum atomic E-state index is 13.8. The molecule has 2 bridgehead atoms. The molecule has 3 aliphatic rings. The molecule has 5 nitrogen and oxygen atoms in total. The minimum Gasteiger partial charge on any atom is -0.390 e. The molecule has 0 heterocycles. The van der Waals surface area contributed by atoms with E-state index in [9.17, 15) is 27.1 Å². The van der Waals surface area contributed by atoms with Gasteiger partial charge in [0.25, 0.3) is 5.91 Å². The zero-order valence-corrected chi connectivity index (χ0v) is 19.2. The minimum absolute atomic E-state index is 0.0414. The molecule has 0 saturated heterocycles. The summed E-state index contributed by atoms with van der Waals surface area (Å²) in [6, 6.07) is 7.76. The molecule has 2 unspecified atom stereocenters. The van der Waals surface area contributed by atoms with E-state index < -0.39 is 38.2 Å². The predicted octanol–water partition coefficient (Wildman–Crippen LogP) is 4.81. The van der Waals surface area contributed by atoms with Crippen molar-refractivity contribution >= 4 is 21.4 Å². The van der Waals surface area contributed by atoms with Crippen LogP contribution in [0.2, 0.25) is 0 Å². The second-order valence-electron chi connectivity index (χ2n) is 9.95. The van der Waals surface area contributed by atoms with Crippen molar-refractivity contribution in [3.05, 3.63) is 59.2 Å². The Morgan fingerprint density at radius 2 is 1.67 bits per heavy atom. The number of nitrogens with one attached hydrogen (secondary N) is 1. The second-order valence-corrected chi connectivity index (χ2v) is 12.1. The van der Waals surface area contributed by atoms with Crippen LogP contribution in [0.25, 0.3) is 0 Å². The fourth-order valence-electron chi connectivity index (χ4n) is 5.63. The van der Waals surface area contributed by atoms with Gasteiger partial charge in [-0.05, 0) is 93.0 Å². The van der Waals surface area contributed by atoms with E-state index in [-0.39, 0.29) is 33.9 Å². The molecular weight excluding hydrogens is 448 g/mol. The zero-order chi connectivity index (χ0) is 23.5. The highest BCUT2D eigenvalue weighted by molar-refractivity contribution is 7.92. The highest BCUT2D eigenvalue weighted by atomic mass is 32.2. The van der Waals surface area contributed by atoms with Gasteiger partial charge in [0.05, 0.1) is 15.7 Å². The van der Waals surface area contributed by atoms with Crippen molar-refractivity contribution in [1.82, 2.24) is 0 Å².